The Bertz CT molecular complexity index is 465. The molecule has 1 heterocycles. The summed E-state index contributed by atoms with van der Waals surface area (Å²) in [4.78, 5) is 12.6. The van der Waals surface area contributed by atoms with Crippen molar-refractivity contribution in [3.63, 3.8) is 0 Å². The van der Waals surface area contributed by atoms with E-state index in [0.29, 0.717) is 0 Å². The number of nitro benzene ring substituents is 1. The van der Waals surface area contributed by atoms with E-state index in [2.05, 4.69) is 17.1 Å². The van der Waals surface area contributed by atoms with E-state index in [1.807, 2.05) is 12.1 Å². The van der Waals surface area contributed by atoms with Gasteiger partial charge in [0, 0.05) is 30.9 Å². The van der Waals surface area contributed by atoms with Gasteiger partial charge in [-0.25, -0.2) is 0 Å². The molecule has 94 valence electrons. The van der Waals surface area contributed by atoms with Gasteiger partial charge < -0.3 is 4.90 Å². The van der Waals surface area contributed by atoms with Gasteiger partial charge in [0.2, 0.25) is 0 Å². The molecule has 2 unspecified atom stereocenters. The topological polar surface area (TPSA) is 46.4 Å². The molecule has 0 spiro atoms. The van der Waals surface area contributed by atoms with E-state index in [0.717, 1.165) is 30.6 Å². The predicted octanol–water partition coefficient (Wildman–Crippen LogP) is 3.00. The van der Waals surface area contributed by atoms with Gasteiger partial charge in [0.05, 0.1) is 4.92 Å². The standard InChI is InChI=1S/C14H16N2O2/c17-16(18)14-7-5-13(6-8-14)15-9-11-3-1-2-4-12(11)10-15/h1-2,5-8,11-12H,3-4,9-10H2. The minimum Gasteiger partial charge on any atom is -0.371 e. The molecular weight excluding hydrogens is 228 g/mol. The van der Waals surface area contributed by atoms with Gasteiger partial charge in [-0.15, -0.1) is 0 Å². The Balaban J connectivity index is 1.74. The third-order valence-electron chi connectivity index (χ3n) is 4.05. The first-order valence-electron chi connectivity index (χ1n) is 6.38. The van der Waals surface area contributed by atoms with Crippen LogP contribution in [0, 0.1) is 22.0 Å². The first kappa shape index (κ1) is 11.3. The number of hydrogen-bond donors (Lipinski definition) is 0. The molecule has 1 aromatic rings. The maximum Gasteiger partial charge on any atom is 0.269 e. The Morgan fingerprint density at radius 2 is 1.61 bits per heavy atom. The Hall–Kier alpha value is -1.84. The van der Waals surface area contributed by atoms with Crippen molar-refractivity contribution < 1.29 is 4.92 Å². The number of nitrogens with zero attached hydrogens (tertiary/aromatic N) is 2. The quantitative estimate of drug-likeness (QED) is 0.456. The van der Waals surface area contributed by atoms with Crippen LogP contribution in [0.1, 0.15) is 12.8 Å². The molecule has 3 rings (SSSR count). The zero-order valence-corrected chi connectivity index (χ0v) is 10.2. The van der Waals surface area contributed by atoms with E-state index in [9.17, 15) is 10.1 Å². The smallest absolute Gasteiger partial charge is 0.269 e. The second-order valence-electron chi connectivity index (χ2n) is 5.14. The van der Waals surface area contributed by atoms with E-state index < -0.39 is 0 Å². The fraction of sp³-hybridized carbons (Fsp3) is 0.429. The van der Waals surface area contributed by atoms with Gasteiger partial charge >= 0.3 is 0 Å². The number of allylic oxidation sites excluding steroid dienone is 2. The SMILES string of the molecule is O=[N+]([O-])c1ccc(N2CC3CC=CCC3C2)cc1. The zero-order valence-electron chi connectivity index (χ0n) is 10.2. The molecule has 1 aliphatic heterocycles. The van der Waals surface area contributed by atoms with Crippen LogP contribution in [-0.2, 0) is 0 Å². The summed E-state index contributed by atoms with van der Waals surface area (Å²) < 4.78 is 0. The van der Waals surface area contributed by atoms with E-state index in [1.165, 1.54) is 12.8 Å². The van der Waals surface area contributed by atoms with Crippen molar-refractivity contribution in [2.75, 3.05) is 18.0 Å². The van der Waals surface area contributed by atoms with Crippen LogP contribution in [0.4, 0.5) is 11.4 Å². The molecule has 2 aliphatic rings. The maximum absolute atomic E-state index is 10.6. The Morgan fingerprint density at radius 1 is 1.06 bits per heavy atom. The molecule has 2 atom stereocenters. The highest BCUT2D eigenvalue weighted by molar-refractivity contribution is 5.51. The molecular formula is C14H16N2O2. The molecule has 1 fully saturated rings. The van der Waals surface area contributed by atoms with E-state index in [4.69, 9.17) is 0 Å². The summed E-state index contributed by atoms with van der Waals surface area (Å²) in [7, 11) is 0. The monoisotopic (exact) mass is 244 g/mol. The van der Waals surface area contributed by atoms with Crippen molar-refractivity contribution in [3.05, 3.63) is 46.5 Å². The molecule has 0 N–H and O–H groups in total. The van der Waals surface area contributed by atoms with Crippen molar-refractivity contribution in [1.29, 1.82) is 0 Å². The van der Waals surface area contributed by atoms with Crippen molar-refractivity contribution in [1.82, 2.24) is 0 Å². The second-order valence-corrected chi connectivity index (χ2v) is 5.14. The van der Waals surface area contributed by atoms with E-state index in [1.54, 1.807) is 12.1 Å². The molecule has 18 heavy (non-hydrogen) atoms. The lowest BCUT2D eigenvalue weighted by molar-refractivity contribution is -0.384. The molecule has 0 radical (unpaired) electrons. The molecule has 4 heteroatoms. The molecule has 1 aromatic carbocycles. The molecule has 4 nitrogen and oxygen atoms in total. The molecule has 1 aliphatic carbocycles. The molecule has 0 amide bonds. The second kappa shape index (κ2) is 4.44. The molecule has 0 bridgehead atoms. The summed E-state index contributed by atoms with van der Waals surface area (Å²) in [6.45, 7) is 2.15. The highest BCUT2D eigenvalue weighted by Crippen LogP contribution is 2.35. The number of fused-ring (bicyclic) bond motifs is 1. The molecule has 1 saturated heterocycles. The van der Waals surface area contributed by atoms with Gasteiger partial charge in [0.25, 0.3) is 5.69 Å². The van der Waals surface area contributed by atoms with Crippen LogP contribution in [0.2, 0.25) is 0 Å². The maximum atomic E-state index is 10.6. The highest BCUT2D eigenvalue weighted by atomic mass is 16.6. The van der Waals surface area contributed by atoms with Crippen LogP contribution in [0.15, 0.2) is 36.4 Å². The average Bonchev–Trinajstić information content (AvgIpc) is 2.82. The summed E-state index contributed by atoms with van der Waals surface area (Å²) in [6, 6.07) is 6.91. The van der Waals surface area contributed by atoms with E-state index in [-0.39, 0.29) is 10.6 Å². The van der Waals surface area contributed by atoms with Gasteiger partial charge in [-0.3, -0.25) is 10.1 Å². The first-order valence-corrected chi connectivity index (χ1v) is 6.38. The number of hydrogen-bond acceptors (Lipinski definition) is 3. The average molecular weight is 244 g/mol. The summed E-state index contributed by atoms with van der Waals surface area (Å²) >= 11 is 0. The van der Waals surface area contributed by atoms with Crippen molar-refractivity contribution >= 4 is 11.4 Å². The summed E-state index contributed by atoms with van der Waals surface area (Å²) in [6.07, 6.45) is 6.91. The van der Waals surface area contributed by atoms with Gasteiger partial charge in [-0.2, -0.15) is 0 Å². The molecule has 0 aromatic heterocycles. The predicted molar refractivity (Wildman–Crippen MR) is 70.7 cm³/mol. The normalized spacial score (nSPS) is 26.1. The lowest BCUT2D eigenvalue weighted by Crippen LogP contribution is -2.19. The lowest BCUT2D eigenvalue weighted by atomic mass is 9.86. The zero-order chi connectivity index (χ0) is 12.5. The Kier molecular flexibility index (Phi) is 2.78. The van der Waals surface area contributed by atoms with Gasteiger partial charge in [0.1, 0.15) is 0 Å². The van der Waals surface area contributed by atoms with Crippen molar-refractivity contribution in [2.45, 2.75) is 12.8 Å². The van der Waals surface area contributed by atoms with Crippen molar-refractivity contribution in [3.8, 4) is 0 Å². The number of anilines is 1. The summed E-state index contributed by atoms with van der Waals surface area (Å²) in [5.41, 5.74) is 1.27. The van der Waals surface area contributed by atoms with Crippen LogP contribution in [0.3, 0.4) is 0 Å². The molecule has 0 saturated carbocycles. The Morgan fingerprint density at radius 3 is 2.11 bits per heavy atom. The minimum absolute atomic E-state index is 0.164. The van der Waals surface area contributed by atoms with Crippen molar-refractivity contribution in [2.24, 2.45) is 11.8 Å². The third kappa shape index (κ3) is 1.98. The Labute approximate surface area is 106 Å². The number of rotatable bonds is 2. The van der Waals surface area contributed by atoms with Gasteiger partial charge in [-0.05, 0) is 36.8 Å². The van der Waals surface area contributed by atoms with Gasteiger partial charge in [-0.1, -0.05) is 12.2 Å². The summed E-state index contributed by atoms with van der Waals surface area (Å²) in [5.74, 6) is 1.51. The third-order valence-corrected chi connectivity index (χ3v) is 4.05. The van der Waals surface area contributed by atoms with Crippen LogP contribution in [0.5, 0.6) is 0 Å². The van der Waals surface area contributed by atoms with Crippen LogP contribution in [0.25, 0.3) is 0 Å². The number of non-ortho nitro benzene ring substituents is 1. The van der Waals surface area contributed by atoms with E-state index >= 15 is 0 Å². The summed E-state index contributed by atoms with van der Waals surface area (Å²) in [5, 5.41) is 10.6. The largest absolute Gasteiger partial charge is 0.371 e. The fourth-order valence-corrected chi connectivity index (χ4v) is 3.01. The lowest BCUT2D eigenvalue weighted by Gasteiger charge is -2.18. The minimum atomic E-state index is -0.350. The van der Waals surface area contributed by atoms with Crippen LogP contribution in [-0.4, -0.2) is 18.0 Å². The highest BCUT2D eigenvalue weighted by Gasteiger charge is 2.32. The van der Waals surface area contributed by atoms with Crippen LogP contribution >= 0.6 is 0 Å². The van der Waals surface area contributed by atoms with Gasteiger partial charge in [0.15, 0.2) is 0 Å². The van der Waals surface area contributed by atoms with Crippen LogP contribution < -0.4 is 4.90 Å². The number of benzene rings is 1. The number of nitro groups is 1. The first-order chi connectivity index (χ1) is 8.74. The fourth-order valence-electron chi connectivity index (χ4n) is 3.01.